The van der Waals surface area contributed by atoms with Gasteiger partial charge in [0.2, 0.25) is 0 Å². The molecule has 1 saturated carbocycles. The van der Waals surface area contributed by atoms with Crippen molar-refractivity contribution in [1.82, 2.24) is 20.2 Å². The molecule has 0 radical (unpaired) electrons. The number of hydrogen-bond donors (Lipinski definition) is 3. The van der Waals surface area contributed by atoms with Crippen molar-refractivity contribution in [1.29, 1.82) is 0 Å². The highest BCUT2D eigenvalue weighted by atomic mass is 15.3. The van der Waals surface area contributed by atoms with Crippen LogP contribution in [0.15, 0.2) is 24.4 Å². The van der Waals surface area contributed by atoms with Gasteiger partial charge in [0, 0.05) is 18.2 Å². The molecule has 1 fully saturated rings. The maximum atomic E-state index is 5.43. The molecular formula is C12H15N7. The molecule has 0 bridgehead atoms. The van der Waals surface area contributed by atoms with Crippen molar-refractivity contribution in [3.05, 3.63) is 35.9 Å². The van der Waals surface area contributed by atoms with Crippen LogP contribution in [0.5, 0.6) is 0 Å². The lowest BCUT2D eigenvalue weighted by Crippen LogP contribution is -2.12. The molecule has 19 heavy (non-hydrogen) atoms. The summed E-state index contributed by atoms with van der Waals surface area (Å²) in [6, 6.07) is 5.54. The fourth-order valence-electron chi connectivity index (χ4n) is 1.76. The summed E-state index contributed by atoms with van der Waals surface area (Å²) < 4.78 is 0. The van der Waals surface area contributed by atoms with Crippen molar-refractivity contribution < 1.29 is 0 Å². The largest absolute Gasteiger partial charge is 0.364 e. The van der Waals surface area contributed by atoms with Crippen LogP contribution in [-0.4, -0.2) is 20.2 Å². The smallest absolute Gasteiger partial charge is 0.145 e. The van der Waals surface area contributed by atoms with Gasteiger partial charge < -0.3 is 10.7 Å². The second-order valence-corrected chi connectivity index (χ2v) is 4.48. The van der Waals surface area contributed by atoms with Crippen molar-refractivity contribution in [2.24, 2.45) is 5.84 Å². The van der Waals surface area contributed by atoms with E-state index >= 15 is 0 Å². The van der Waals surface area contributed by atoms with Gasteiger partial charge in [-0.3, -0.25) is 0 Å². The first-order valence-electron chi connectivity index (χ1n) is 6.21. The fourth-order valence-corrected chi connectivity index (χ4v) is 1.76. The van der Waals surface area contributed by atoms with Crippen molar-refractivity contribution in [3.8, 4) is 0 Å². The Labute approximate surface area is 110 Å². The fraction of sp³-hybridized carbons (Fsp3) is 0.333. The number of nitrogens with one attached hydrogen (secondary N) is 2. The maximum absolute atomic E-state index is 5.43. The molecule has 0 amide bonds. The first-order valence-corrected chi connectivity index (χ1v) is 6.21. The molecule has 0 saturated heterocycles. The van der Waals surface area contributed by atoms with E-state index in [1.54, 1.807) is 12.3 Å². The Kier molecular flexibility index (Phi) is 3.20. The van der Waals surface area contributed by atoms with Gasteiger partial charge in [0.05, 0.1) is 12.2 Å². The summed E-state index contributed by atoms with van der Waals surface area (Å²) in [7, 11) is 0. The molecule has 2 aromatic heterocycles. The van der Waals surface area contributed by atoms with Crippen LogP contribution in [0.2, 0.25) is 0 Å². The van der Waals surface area contributed by atoms with E-state index in [4.69, 9.17) is 5.84 Å². The highest BCUT2D eigenvalue weighted by Gasteiger charge is 2.27. The molecule has 7 nitrogen and oxygen atoms in total. The van der Waals surface area contributed by atoms with Crippen LogP contribution >= 0.6 is 0 Å². The van der Waals surface area contributed by atoms with Gasteiger partial charge in [-0.25, -0.2) is 15.8 Å². The van der Waals surface area contributed by atoms with Crippen molar-refractivity contribution >= 4 is 11.6 Å². The van der Waals surface area contributed by atoms with Crippen LogP contribution in [0.4, 0.5) is 11.6 Å². The quantitative estimate of drug-likeness (QED) is 0.543. The molecule has 0 atom stereocenters. The molecule has 3 rings (SSSR count). The van der Waals surface area contributed by atoms with E-state index in [1.807, 2.05) is 12.1 Å². The van der Waals surface area contributed by atoms with Crippen LogP contribution in [0, 0.1) is 0 Å². The summed E-state index contributed by atoms with van der Waals surface area (Å²) in [4.78, 5) is 8.85. The molecule has 2 aromatic rings. The summed E-state index contributed by atoms with van der Waals surface area (Å²) in [5.74, 6) is 8.12. The normalized spacial score (nSPS) is 14.2. The lowest BCUT2D eigenvalue weighted by Gasteiger charge is -2.08. The number of hydrazine groups is 1. The summed E-state index contributed by atoms with van der Waals surface area (Å²) >= 11 is 0. The lowest BCUT2D eigenvalue weighted by molar-refractivity contribution is 0.897. The van der Waals surface area contributed by atoms with Crippen LogP contribution in [0.25, 0.3) is 0 Å². The molecule has 0 spiro atoms. The third-order valence-corrected chi connectivity index (χ3v) is 2.91. The molecule has 0 aliphatic heterocycles. The SMILES string of the molecule is NNc1cc(NCc2cccnn2)nc(C2CC2)n1. The van der Waals surface area contributed by atoms with Gasteiger partial charge in [0.15, 0.2) is 0 Å². The number of anilines is 2. The van der Waals surface area contributed by atoms with Gasteiger partial charge in [-0.2, -0.15) is 10.2 Å². The second-order valence-electron chi connectivity index (χ2n) is 4.48. The Hall–Kier alpha value is -2.28. The first-order chi connectivity index (χ1) is 9.35. The topological polar surface area (TPSA) is 102 Å². The molecule has 2 heterocycles. The monoisotopic (exact) mass is 257 g/mol. The highest BCUT2D eigenvalue weighted by Crippen LogP contribution is 2.38. The Morgan fingerprint density at radius 2 is 2.11 bits per heavy atom. The predicted octanol–water partition coefficient (Wildman–Crippen LogP) is 1.04. The summed E-state index contributed by atoms with van der Waals surface area (Å²) in [5, 5.41) is 11.1. The van der Waals surface area contributed by atoms with Gasteiger partial charge >= 0.3 is 0 Å². The molecule has 7 heteroatoms. The summed E-state index contributed by atoms with van der Waals surface area (Å²) in [6.07, 6.45) is 3.95. The minimum atomic E-state index is 0.477. The molecule has 98 valence electrons. The number of rotatable bonds is 5. The number of aromatic nitrogens is 4. The van der Waals surface area contributed by atoms with E-state index in [0.717, 1.165) is 30.2 Å². The second kappa shape index (κ2) is 5.15. The van der Waals surface area contributed by atoms with Gasteiger partial charge in [-0.15, -0.1) is 0 Å². The maximum Gasteiger partial charge on any atom is 0.145 e. The van der Waals surface area contributed by atoms with Crippen molar-refractivity contribution in [2.45, 2.75) is 25.3 Å². The third kappa shape index (κ3) is 2.94. The van der Waals surface area contributed by atoms with E-state index in [-0.39, 0.29) is 0 Å². The zero-order valence-corrected chi connectivity index (χ0v) is 10.4. The van der Waals surface area contributed by atoms with Crippen LogP contribution in [0.1, 0.15) is 30.3 Å². The zero-order valence-electron chi connectivity index (χ0n) is 10.4. The van der Waals surface area contributed by atoms with E-state index in [1.165, 1.54) is 0 Å². The van der Waals surface area contributed by atoms with Crippen LogP contribution in [0.3, 0.4) is 0 Å². The van der Waals surface area contributed by atoms with Gasteiger partial charge in [0.25, 0.3) is 0 Å². The summed E-state index contributed by atoms with van der Waals surface area (Å²) in [6.45, 7) is 0.568. The average Bonchev–Trinajstić information content (AvgIpc) is 3.30. The van der Waals surface area contributed by atoms with Crippen LogP contribution < -0.4 is 16.6 Å². The van der Waals surface area contributed by atoms with Crippen LogP contribution in [-0.2, 0) is 6.54 Å². The van der Waals surface area contributed by atoms with Crippen molar-refractivity contribution in [3.63, 3.8) is 0 Å². The minimum Gasteiger partial charge on any atom is -0.364 e. The molecule has 1 aliphatic rings. The van der Waals surface area contributed by atoms with Crippen molar-refractivity contribution in [2.75, 3.05) is 10.7 Å². The van der Waals surface area contributed by atoms with E-state index in [2.05, 4.69) is 30.9 Å². The first kappa shape index (κ1) is 11.8. The summed E-state index contributed by atoms with van der Waals surface area (Å²) in [5.41, 5.74) is 3.43. The standard InChI is InChI=1S/C12H15N7/c13-18-11-6-10(16-12(17-11)8-3-4-8)14-7-9-2-1-5-15-19-9/h1-2,5-6,8H,3-4,7,13H2,(H2,14,16,17,18). The Morgan fingerprint density at radius 1 is 1.26 bits per heavy atom. The number of nitrogens with two attached hydrogens (primary N) is 1. The molecule has 1 aliphatic carbocycles. The molecule has 0 aromatic carbocycles. The zero-order chi connectivity index (χ0) is 13.1. The third-order valence-electron chi connectivity index (χ3n) is 2.91. The van der Waals surface area contributed by atoms with Gasteiger partial charge in [0.1, 0.15) is 17.5 Å². The van der Waals surface area contributed by atoms with Gasteiger partial charge in [-0.05, 0) is 25.0 Å². The number of nitrogen functional groups attached to an aromatic ring is 1. The van der Waals surface area contributed by atoms with Gasteiger partial charge in [-0.1, -0.05) is 0 Å². The Bertz CT molecular complexity index is 553. The lowest BCUT2D eigenvalue weighted by atomic mass is 10.3. The highest BCUT2D eigenvalue weighted by molar-refractivity contribution is 5.47. The number of nitrogens with zero attached hydrogens (tertiary/aromatic N) is 4. The van der Waals surface area contributed by atoms with E-state index in [0.29, 0.717) is 18.3 Å². The molecule has 0 unspecified atom stereocenters. The van der Waals surface area contributed by atoms with E-state index in [9.17, 15) is 0 Å². The molecule has 4 N–H and O–H groups in total. The average molecular weight is 257 g/mol. The predicted molar refractivity (Wildman–Crippen MR) is 71.2 cm³/mol. The Balaban J connectivity index is 1.74. The molecular weight excluding hydrogens is 242 g/mol. The number of hydrogen-bond acceptors (Lipinski definition) is 7. The Morgan fingerprint density at radius 3 is 2.79 bits per heavy atom. The van der Waals surface area contributed by atoms with E-state index < -0.39 is 0 Å². The minimum absolute atomic E-state index is 0.477.